The van der Waals surface area contributed by atoms with Crippen LogP contribution in [0.4, 0.5) is 0 Å². The molecule has 10 rings (SSSR count). The Labute approximate surface area is 305 Å². The van der Waals surface area contributed by atoms with Gasteiger partial charge in [-0.1, -0.05) is 109 Å². The molecular weight excluding hydrogens is 649 g/mol. The fourth-order valence-electron chi connectivity index (χ4n) is 7.78. The average molecular weight is 681 g/mol. The van der Waals surface area contributed by atoms with Crippen molar-refractivity contribution in [1.82, 2.24) is 4.98 Å². The molecule has 0 unspecified atom stereocenters. The second-order valence-electron chi connectivity index (χ2n) is 13.5. The van der Waals surface area contributed by atoms with E-state index in [0.717, 1.165) is 62.0 Å². The van der Waals surface area contributed by atoms with Crippen molar-refractivity contribution in [2.24, 2.45) is 9.98 Å². The number of allylic oxidation sites excluding steroid dienone is 1. The van der Waals surface area contributed by atoms with Gasteiger partial charge in [0.05, 0.1) is 6.20 Å². The second-order valence-corrected chi connectivity index (χ2v) is 13.5. The minimum absolute atomic E-state index is 0.0975. The van der Waals surface area contributed by atoms with Crippen molar-refractivity contribution in [3.05, 3.63) is 180 Å². The van der Waals surface area contributed by atoms with E-state index in [-0.39, 0.29) is 5.84 Å². The molecule has 53 heavy (non-hydrogen) atoms. The molecule has 0 atom stereocenters. The number of aryl methyl sites for hydroxylation is 1. The SMILES string of the molecule is N=C(/N=C(\N=C\c1ccc2ccccc2c1)c1ccc2ccccc2c1)c1ccc(-c2cc3ccccc3c3c2C=CCC3)c2oc3cnccc3c12. The molecule has 1 aliphatic carbocycles. The predicted octanol–water partition coefficient (Wildman–Crippen LogP) is 12.0. The first-order valence-electron chi connectivity index (χ1n) is 17.9. The smallest absolute Gasteiger partial charge is 0.161 e. The van der Waals surface area contributed by atoms with Crippen molar-refractivity contribution in [2.75, 3.05) is 0 Å². The summed E-state index contributed by atoms with van der Waals surface area (Å²) in [4.78, 5) is 14.3. The molecule has 0 saturated heterocycles. The molecule has 7 aromatic carbocycles. The first kappa shape index (κ1) is 30.8. The molecule has 0 fully saturated rings. The lowest BCUT2D eigenvalue weighted by Crippen LogP contribution is -2.05. The Morgan fingerprint density at radius 3 is 2.30 bits per heavy atom. The van der Waals surface area contributed by atoms with Crippen LogP contribution in [0, 0.1) is 5.41 Å². The lowest BCUT2D eigenvalue weighted by atomic mass is 9.85. The summed E-state index contributed by atoms with van der Waals surface area (Å²) in [5.41, 5.74) is 8.51. The minimum Gasteiger partial charge on any atom is -0.454 e. The van der Waals surface area contributed by atoms with Gasteiger partial charge in [-0.15, -0.1) is 0 Å². The summed E-state index contributed by atoms with van der Waals surface area (Å²) in [7, 11) is 0. The summed E-state index contributed by atoms with van der Waals surface area (Å²) in [6.45, 7) is 0. The molecular formula is C48H32N4O. The number of fused-ring (bicyclic) bond motifs is 8. The van der Waals surface area contributed by atoms with Gasteiger partial charge in [0.1, 0.15) is 5.58 Å². The summed E-state index contributed by atoms with van der Waals surface area (Å²) in [6, 6.07) is 46.0. The van der Waals surface area contributed by atoms with Crippen LogP contribution in [0.5, 0.6) is 0 Å². The molecule has 9 aromatic rings. The Hall–Kier alpha value is -6.98. The van der Waals surface area contributed by atoms with Crippen LogP contribution in [0.25, 0.3) is 71.5 Å². The monoisotopic (exact) mass is 680 g/mol. The highest BCUT2D eigenvalue weighted by Crippen LogP contribution is 2.43. The average Bonchev–Trinajstić information content (AvgIpc) is 3.61. The maximum Gasteiger partial charge on any atom is 0.161 e. The van der Waals surface area contributed by atoms with E-state index >= 15 is 0 Å². The van der Waals surface area contributed by atoms with Crippen LogP contribution in [0.3, 0.4) is 0 Å². The summed E-state index contributed by atoms with van der Waals surface area (Å²) < 4.78 is 6.65. The zero-order valence-electron chi connectivity index (χ0n) is 28.8. The molecule has 0 spiro atoms. The van der Waals surface area contributed by atoms with Gasteiger partial charge in [0.2, 0.25) is 0 Å². The highest BCUT2D eigenvalue weighted by molar-refractivity contribution is 6.23. The number of benzene rings is 7. The summed E-state index contributed by atoms with van der Waals surface area (Å²) >= 11 is 0. The van der Waals surface area contributed by atoms with Crippen LogP contribution < -0.4 is 0 Å². The molecule has 0 aliphatic heterocycles. The number of nitrogens with zero attached hydrogens (tertiary/aromatic N) is 3. The number of rotatable bonds is 4. The zero-order chi connectivity index (χ0) is 35.3. The predicted molar refractivity (Wildman–Crippen MR) is 221 cm³/mol. The molecule has 0 radical (unpaired) electrons. The van der Waals surface area contributed by atoms with E-state index in [1.165, 1.54) is 27.3 Å². The largest absolute Gasteiger partial charge is 0.454 e. The fraction of sp³-hybridized carbons (Fsp3) is 0.0417. The molecule has 5 nitrogen and oxygen atoms in total. The molecule has 2 aromatic heterocycles. The minimum atomic E-state index is 0.0975. The van der Waals surface area contributed by atoms with Crippen molar-refractivity contribution < 1.29 is 4.42 Å². The van der Waals surface area contributed by atoms with E-state index < -0.39 is 0 Å². The van der Waals surface area contributed by atoms with Gasteiger partial charge >= 0.3 is 0 Å². The summed E-state index contributed by atoms with van der Waals surface area (Å²) in [5, 5.41) is 18.3. The van der Waals surface area contributed by atoms with Gasteiger partial charge < -0.3 is 4.42 Å². The van der Waals surface area contributed by atoms with Crippen molar-refractivity contribution in [2.45, 2.75) is 12.8 Å². The van der Waals surface area contributed by atoms with E-state index in [0.29, 0.717) is 22.6 Å². The van der Waals surface area contributed by atoms with Crippen LogP contribution in [-0.2, 0) is 6.42 Å². The Morgan fingerprint density at radius 2 is 1.45 bits per heavy atom. The second kappa shape index (κ2) is 12.7. The number of aliphatic imine (C=N–C) groups is 2. The van der Waals surface area contributed by atoms with Crippen LogP contribution in [0.1, 0.15) is 34.2 Å². The number of nitrogens with one attached hydrogen (secondary N) is 1. The Kier molecular flexibility index (Phi) is 7.36. The normalized spacial score (nSPS) is 13.2. The standard InChI is InChI=1S/C48H32N4O/c49-47(52-48(36-20-19-32-10-2-4-12-34(32)26-36)51-28-30-17-18-31-9-1-3-11-33(31)25-30)42-22-21-40(46-45(42)41-23-24-50-29-44(41)53-46)43-27-35-13-5-6-14-37(35)38-15-7-8-16-39(38)43/h1-6,8-14,16-29,49H,7,15H2/b49-47?,51-28+,52-48-. The number of hydrogen-bond acceptors (Lipinski definition) is 3. The highest BCUT2D eigenvalue weighted by Gasteiger charge is 2.22. The van der Waals surface area contributed by atoms with Gasteiger partial charge in [0.15, 0.2) is 17.3 Å². The topological polar surface area (TPSA) is 74.6 Å². The van der Waals surface area contributed by atoms with Crippen molar-refractivity contribution in [1.29, 1.82) is 5.41 Å². The first-order chi connectivity index (χ1) is 26.2. The number of hydrogen-bond donors (Lipinski definition) is 1. The van der Waals surface area contributed by atoms with Crippen molar-refractivity contribution >= 4 is 78.2 Å². The zero-order valence-corrected chi connectivity index (χ0v) is 28.8. The molecule has 1 N–H and O–H groups in total. The van der Waals surface area contributed by atoms with Gasteiger partial charge in [-0.25, -0.2) is 9.98 Å². The van der Waals surface area contributed by atoms with E-state index in [1.807, 2.05) is 48.7 Å². The van der Waals surface area contributed by atoms with Crippen LogP contribution in [-0.4, -0.2) is 22.9 Å². The fourth-order valence-corrected chi connectivity index (χ4v) is 7.78. The van der Waals surface area contributed by atoms with E-state index in [9.17, 15) is 5.41 Å². The quantitative estimate of drug-likeness (QED) is 0.148. The molecule has 0 saturated carbocycles. The molecule has 5 heteroatoms. The van der Waals surface area contributed by atoms with E-state index in [1.54, 1.807) is 12.4 Å². The van der Waals surface area contributed by atoms with Gasteiger partial charge in [0.25, 0.3) is 0 Å². The van der Waals surface area contributed by atoms with Gasteiger partial charge in [-0.3, -0.25) is 10.4 Å². The van der Waals surface area contributed by atoms with Crippen molar-refractivity contribution in [3.8, 4) is 11.1 Å². The van der Waals surface area contributed by atoms with Gasteiger partial charge in [-0.05, 0) is 104 Å². The lowest BCUT2D eigenvalue weighted by Gasteiger charge is -2.19. The maximum atomic E-state index is 9.56. The van der Waals surface area contributed by atoms with Crippen LogP contribution >= 0.6 is 0 Å². The molecule has 250 valence electrons. The van der Waals surface area contributed by atoms with Gasteiger partial charge in [0, 0.05) is 39.9 Å². The Balaban J connectivity index is 1.15. The lowest BCUT2D eigenvalue weighted by molar-refractivity contribution is 0.668. The molecule has 0 amide bonds. The van der Waals surface area contributed by atoms with Crippen molar-refractivity contribution in [3.63, 3.8) is 0 Å². The van der Waals surface area contributed by atoms with Crippen LogP contribution in [0.15, 0.2) is 166 Å². The van der Waals surface area contributed by atoms with Crippen LogP contribution in [0.2, 0.25) is 0 Å². The van der Waals surface area contributed by atoms with Gasteiger partial charge in [-0.2, -0.15) is 0 Å². The van der Waals surface area contributed by atoms with E-state index in [4.69, 9.17) is 14.4 Å². The number of furan rings is 1. The summed E-state index contributed by atoms with van der Waals surface area (Å²) in [5.74, 6) is 0.551. The Bertz CT molecular complexity index is 3040. The third-order valence-electron chi connectivity index (χ3n) is 10.4. The molecule has 1 aliphatic rings. The Morgan fingerprint density at radius 1 is 0.698 bits per heavy atom. The molecule has 2 heterocycles. The maximum absolute atomic E-state index is 9.56. The number of pyridine rings is 1. The molecule has 0 bridgehead atoms. The third-order valence-corrected chi connectivity index (χ3v) is 10.4. The number of aromatic nitrogens is 1. The highest BCUT2D eigenvalue weighted by atomic mass is 16.3. The first-order valence-corrected chi connectivity index (χ1v) is 17.9. The van der Waals surface area contributed by atoms with E-state index in [2.05, 4.69) is 108 Å². The summed E-state index contributed by atoms with van der Waals surface area (Å²) in [6.07, 6.45) is 11.9. The number of amidine groups is 2. The third kappa shape index (κ3) is 5.42.